The Labute approximate surface area is 58.3 Å². The predicted octanol–water partition coefficient (Wildman–Crippen LogP) is 0.556. The van der Waals surface area contributed by atoms with E-state index in [-0.39, 0.29) is 0 Å². The summed E-state index contributed by atoms with van der Waals surface area (Å²) < 4.78 is 5.41. The van der Waals surface area contributed by atoms with Crippen molar-refractivity contribution in [2.24, 2.45) is 0 Å². The van der Waals surface area contributed by atoms with Crippen LogP contribution in [0.3, 0.4) is 0 Å². The fourth-order valence-corrected chi connectivity index (χ4v) is 0.235. The molecule has 0 saturated heterocycles. The van der Waals surface area contributed by atoms with Crippen LogP contribution in [0.1, 0.15) is 6.92 Å². The van der Waals surface area contributed by atoms with Gasteiger partial charge in [0, 0.05) is 0 Å². The van der Waals surface area contributed by atoms with Gasteiger partial charge in [0.2, 0.25) is 0 Å². The molecule has 0 aliphatic rings. The number of hydrogen-bond donors (Lipinski definition) is 0. The van der Waals surface area contributed by atoms with Crippen LogP contribution >= 0.6 is 0 Å². The van der Waals surface area contributed by atoms with Crippen molar-refractivity contribution < 1.29 is 4.74 Å². The first kappa shape index (κ1) is 7.63. The van der Waals surface area contributed by atoms with Crippen LogP contribution in [-0.2, 0) is 4.74 Å². The molecule has 0 heterocycles. The van der Waals surface area contributed by atoms with E-state index in [0.29, 0.717) is 10.9 Å². The molecule has 8 heavy (non-hydrogen) atoms. The minimum absolute atomic E-state index is 0.604. The molecule has 2 nitrogen and oxygen atoms in total. The van der Waals surface area contributed by atoms with Gasteiger partial charge in [-0.3, -0.25) is 0 Å². The van der Waals surface area contributed by atoms with Crippen LogP contribution in [0.15, 0.2) is 10.5 Å². The van der Waals surface area contributed by atoms with E-state index in [2.05, 4.69) is 0 Å². The molecule has 3 heteroatoms. The predicted molar refractivity (Wildman–Crippen MR) is 31.1 cm³/mol. The molecule has 0 aromatic carbocycles. The summed E-state index contributed by atoms with van der Waals surface area (Å²) in [5.74, 6) is 0. The molecule has 0 aliphatic heterocycles. The monoisotopic (exact) mass is 103 g/mol. The van der Waals surface area contributed by atoms with E-state index in [1.807, 2.05) is 13.0 Å². The SMILES string of the molecule is [Li][C](C#N)=COCC. The third-order valence-corrected chi connectivity index (χ3v) is 0.603. The second kappa shape index (κ2) is 4.78. The Morgan fingerprint density at radius 1 is 2.00 bits per heavy atom. The Hall–Kier alpha value is -0.373. The number of rotatable bonds is 2. The summed E-state index contributed by atoms with van der Waals surface area (Å²) in [5.41, 5.74) is 0. The summed E-state index contributed by atoms with van der Waals surface area (Å²) in [6.07, 6.45) is 1.46. The third kappa shape index (κ3) is 3.81. The van der Waals surface area contributed by atoms with Crippen molar-refractivity contribution in [3.05, 3.63) is 10.5 Å². The Kier molecular flexibility index (Phi) is 4.56. The molecule has 0 radical (unpaired) electrons. The molecule has 0 atom stereocenters. The molecule has 0 aromatic heterocycles. The zero-order chi connectivity index (χ0) is 6.41. The summed E-state index contributed by atoms with van der Waals surface area (Å²) in [4.78, 5) is 0. The Bertz CT molecular complexity index is 125. The van der Waals surface area contributed by atoms with Crippen molar-refractivity contribution in [2.75, 3.05) is 6.61 Å². The number of allylic oxidation sites excluding steroid dienone is 1. The summed E-state index contributed by atoms with van der Waals surface area (Å²) in [7, 11) is 0. The van der Waals surface area contributed by atoms with E-state index >= 15 is 0 Å². The molecule has 38 valence electrons. The molecular formula is C5H6LiNO. The van der Waals surface area contributed by atoms with Gasteiger partial charge in [-0.2, -0.15) is 0 Å². The van der Waals surface area contributed by atoms with Crippen molar-refractivity contribution in [1.29, 1.82) is 5.26 Å². The van der Waals surface area contributed by atoms with Gasteiger partial charge in [-0.1, -0.05) is 0 Å². The number of hydrogen-bond acceptors (Lipinski definition) is 2. The standard InChI is InChI=1S/C5H6NO.Li/c1-2-7-5-3-4-6;/h5H,2H2,1H3;. The zero-order valence-corrected chi connectivity index (χ0v) is 5.14. The molecule has 0 saturated carbocycles. The van der Waals surface area contributed by atoms with Crippen LogP contribution in [0.25, 0.3) is 0 Å². The first-order chi connectivity index (χ1) is 3.81. The van der Waals surface area contributed by atoms with Gasteiger partial charge in [-0.15, -0.1) is 0 Å². The average Bonchev–Trinajstić information content (AvgIpc) is 1.83. The van der Waals surface area contributed by atoms with Gasteiger partial charge in [0.05, 0.1) is 0 Å². The number of ether oxygens (including phenoxy) is 1. The second-order valence-electron chi connectivity index (χ2n) is 1.37. The first-order valence-electron chi connectivity index (χ1n) is 2.49. The van der Waals surface area contributed by atoms with Gasteiger partial charge in [-0.05, 0) is 0 Å². The van der Waals surface area contributed by atoms with E-state index in [1.54, 1.807) is 17.7 Å². The topological polar surface area (TPSA) is 33.0 Å². The van der Waals surface area contributed by atoms with Gasteiger partial charge in [-0.25, -0.2) is 0 Å². The van der Waals surface area contributed by atoms with Crippen molar-refractivity contribution >= 4 is 17.7 Å². The third-order valence-electron chi connectivity index (χ3n) is 0.603. The molecule has 0 amide bonds. The Morgan fingerprint density at radius 3 is 3.00 bits per heavy atom. The van der Waals surface area contributed by atoms with Gasteiger partial charge in [0.25, 0.3) is 0 Å². The molecule has 0 aromatic rings. The Morgan fingerprint density at radius 2 is 2.62 bits per heavy atom. The molecular weight excluding hydrogens is 97.0 g/mol. The maximum atomic E-state index is 8.16. The van der Waals surface area contributed by atoms with Crippen LogP contribution in [0.4, 0.5) is 0 Å². The molecule has 0 fully saturated rings. The molecule has 0 unspecified atom stereocenters. The van der Waals surface area contributed by atoms with Crippen LogP contribution in [0, 0.1) is 11.3 Å². The molecule has 0 aliphatic carbocycles. The van der Waals surface area contributed by atoms with Crippen LogP contribution < -0.4 is 0 Å². The van der Waals surface area contributed by atoms with Gasteiger partial charge >= 0.3 is 57.8 Å². The van der Waals surface area contributed by atoms with Crippen LogP contribution in [-0.4, -0.2) is 24.3 Å². The van der Waals surface area contributed by atoms with Crippen molar-refractivity contribution in [3.8, 4) is 6.07 Å². The second-order valence-corrected chi connectivity index (χ2v) is 1.37. The number of nitriles is 1. The van der Waals surface area contributed by atoms with E-state index in [1.165, 1.54) is 6.26 Å². The van der Waals surface area contributed by atoms with Crippen molar-refractivity contribution in [2.45, 2.75) is 6.92 Å². The van der Waals surface area contributed by atoms with Gasteiger partial charge < -0.3 is 0 Å². The first-order valence-corrected chi connectivity index (χ1v) is 2.49. The summed E-state index contributed by atoms with van der Waals surface area (Å²) in [6.45, 7) is 2.50. The van der Waals surface area contributed by atoms with E-state index in [0.717, 1.165) is 0 Å². The van der Waals surface area contributed by atoms with Crippen molar-refractivity contribution in [1.82, 2.24) is 0 Å². The summed E-state index contributed by atoms with van der Waals surface area (Å²) in [6, 6.07) is 1.94. The van der Waals surface area contributed by atoms with Crippen LogP contribution in [0.5, 0.6) is 0 Å². The quantitative estimate of drug-likeness (QED) is 0.290. The Balaban J connectivity index is 3.46. The van der Waals surface area contributed by atoms with Crippen LogP contribution in [0.2, 0.25) is 0 Å². The summed E-state index contributed by atoms with van der Waals surface area (Å²) >= 11 is 1.70. The van der Waals surface area contributed by atoms with E-state index in [9.17, 15) is 0 Å². The fraction of sp³-hybridized carbons (Fsp3) is 0.400. The molecule has 0 rings (SSSR count). The molecule has 0 bridgehead atoms. The number of nitrogens with zero attached hydrogens (tertiary/aromatic N) is 1. The fourth-order valence-electron chi connectivity index (χ4n) is 0.235. The molecule has 0 N–H and O–H groups in total. The zero-order valence-electron chi connectivity index (χ0n) is 5.14. The maximum absolute atomic E-state index is 8.16. The minimum atomic E-state index is 0.604. The van der Waals surface area contributed by atoms with Crippen molar-refractivity contribution in [3.63, 3.8) is 0 Å². The summed E-state index contributed by atoms with van der Waals surface area (Å²) in [5, 5.41) is 8.16. The van der Waals surface area contributed by atoms with Gasteiger partial charge in [0.1, 0.15) is 0 Å². The normalized spacial score (nSPS) is 10.5. The van der Waals surface area contributed by atoms with Gasteiger partial charge in [0.15, 0.2) is 0 Å². The molecule has 0 spiro atoms. The van der Waals surface area contributed by atoms with E-state index in [4.69, 9.17) is 10.00 Å². The van der Waals surface area contributed by atoms with E-state index < -0.39 is 0 Å². The average molecular weight is 103 g/mol.